The number of urea groups is 1. The summed E-state index contributed by atoms with van der Waals surface area (Å²) in [6.45, 7) is 2.74. The number of nitrogens with one attached hydrogen (secondary N) is 1. The molecule has 2 amide bonds. The van der Waals surface area contributed by atoms with Crippen molar-refractivity contribution in [2.24, 2.45) is 0 Å². The molecule has 8 heteroatoms. The number of hydrogen-bond acceptors (Lipinski definition) is 3. The van der Waals surface area contributed by atoms with E-state index in [9.17, 15) is 18.0 Å². The smallest absolute Gasteiger partial charge is 0.322 e. The van der Waals surface area contributed by atoms with Gasteiger partial charge < -0.3 is 15.1 Å². The molecule has 0 saturated carbocycles. The van der Waals surface area contributed by atoms with Gasteiger partial charge in [-0.3, -0.25) is 0 Å². The van der Waals surface area contributed by atoms with Gasteiger partial charge in [0.15, 0.2) is 0 Å². The molecule has 0 aromatic carbocycles. The second-order valence-corrected chi connectivity index (χ2v) is 4.65. The lowest BCUT2D eigenvalue weighted by Crippen LogP contribution is -2.48. The number of nitrogens with zero attached hydrogens (tertiary/aromatic N) is 3. The topological polar surface area (TPSA) is 48.5 Å². The van der Waals surface area contributed by atoms with Crippen LogP contribution in [0.5, 0.6) is 0 Å². The fourth-order valence-corrected chi connectivity index (χ4v) is 1.85. The van der Waals surface area contributed by atoms with Crippen molar-refractivity contribution in [2.75, 3.05) is 38.5 Å². The first-order valence-corrected chi connectivity index (χ1v) is 6.14. The van der Waals surface area contributed by atoms with Crippen molar-refractivity contribution in [3.8, 4) is 0 Å². The third-order valence-electron chi connectivity index (χ3n) is 3.10. The molecule has 1 saturated heterocycles. The van der Waals surface area contributed by atoms with Gasteiger partial charge in [0.1, 0.15) is 5.69 Å². The van der Waals surface area contributed by atoms with E-state index in [-0.39, 0.29) is 11.7 Å². The average molecular weight is 288 g/mol. The van der Waals surface area contributed by atoms with Gasteiger partial charge in [-0.2, -0.15) is 13.2 Å². The molecule has 0 spiro atoms. The summed E-state index contributed by atoms with van der Waals surface area (Å²) in [4.78, 5) is 18.9. The van der Waals surface area contributed by atoms with Crippen LogP contribution in [0.15, 0.2) is 18.3 Å². The standard InChI is InChI=1S/C12H15F3N4O/c1-18-4-6-19(7-5-18)11(20)17-9-2-3-10(16-8-9)12(13,14)15/h2-3,8H,4-7H2,1H3,(H,17,20). The van der Waals surface area contributed by atoms with Gasteiger partial charge >= 0.3 is 12.2 Å². The van der Waals surface area contributed by atoms with Gasteiger partial charge in [-0.15, -0.1) is 0 Å². The molecule has 0 bridgehead atoms. The van der Waals surface area contributed by atoms with Crippen LogP contribution in [0.1, 0.15) is 5.69 Å². The first-order valence-electron chi connectivity index (χ1n) is 6.14. The highest BCUT2D eigenvalue weighted by Crippen LogP contribution is 2.27. The zero-order valence-corrected chi connectivity index (χ0v) is 10.9. The minimum atomic E-state index is -4.47. The minimum absolute atomic E-state index is 0.252. The fourth-order valence-electron chi connectivity index (χ4n) is 1.85. The maximum absolute atomic E-state index is 12.3. The van der Waals surface area contributed by atoms with Gasteiger partial charge in [-0.1, -0.05) is 0 Å². The van der Waals surface area contributed by atoms with Gasteiger partial charge in [0.25, 0.3) is 0 Å². The van der Waals surface area contributed by atoms with E-state index in [1.165, 1.54) is 6.07 Å². The Hall–Kier alpha value is -1.83. The van der Waals surface area contributed by atoms with E-state index in [2.05, 4.69) is 15.2 Å². The van der Waals surface area contributed by atoms with Crippen LogP contribution in [-0.4, -0.2) is 54.0 Å². The number of likely N-dealkylation sites (N-methyl/N-ethyl adjacent to an activating group) is 1. The van der Waals surface area contributed by atoms with Crippen molar-refractivity contribution in [1.29, 1.82) is 0 Å². The summed E-state index contributed by atoms with van der Waals surface area (Å²) in [5.41, 5.74) is -0.725. The molecule has 0 radical (unpaired) electrons. The third-order valence-corrected chi connectivity index (χ3v) is 3.10. The summed E-state index contributed by atoms with van der Waals surface area (Å²) >= 11 is 0. The maximum Gasteiger partial charge on any atom is 0.433 e. The summed E-state index contributed by atoms with van der Waals surface area (Å²) in [5, 5.41) is 2.54. The molecule has 110 valence electrons. The molecule has 2 heterocycles. The number of hydrogen-bond donors (Lipinski definition) is 1. The number of anilines is 1. The maximum atomic E-state index is 12.3. The molecule has 2 rings (SSSR count). The fraction of sp³-hybridized carbons (Fsp3) is 0.500. The van der Waals surface area contributed by atoms with Crippen LogP contribution < -0.4 is 5.32 Å². The Morgan fingerprint density at radius 2 is 1.90 bits per heavy atom. The predicted molar refractivity (Wildman–Crippen MR) is 67.3 cm³/mol. The first kappa shape index (κ1) is 14.6. The van der Waals surface area contributed by atoms with E-state index in [1.807, 2.05) is 7.05 Å². The molecule has 1 aromatic heterocycles. The van der Waals surface area contributed by atoms with Crippen molar-refractivity contribution in [1.82, 2.24) is 14.8 Å². The van der Waals surface area contributed by atoms with Crippen LogP contribution in [0.4, 0.5) is 23.7 Å². The third kappa shape index (κ3) is 3.60. The summed E-state index contributed by atoms with van der Waals surface area (Å²) in [6.07, 6.45) is -3.46. The van der Waals surface area contributed by atoms with E-state index in [4.69, 9.17) is 0 Å². The molecule has 0 atom stereocenters. The second kappa shape index (κ2) is 5.66. The van der Waals surface area contributed by atoms with E-state index < -0.39 is 11.9 Å². The Bertz CT molecular complexity index is 467. The Labute approximate surface area is 114 Å². The molecular formula is C12H15F3N4O. The van der Waals surface area contributed by atoms with Crippen molar-refractivity contribution in [3.63, 3.8) is 0 Å². The van der Waals surface area contributed by atoms with Gasteiger partial charge in [0.2, 0.25) is 0 Å². The SMILES string of the molecule is CN1CCN(C(=O)Nc2ccc(C(F)(F)F)nc2)CC1. The zero-order valence-electron chi connectivity index (χ0n) is 10.9. The highest BCUT2D eigenvalue weighted by atomic mass is 19.4. The molecule has 1 N–H and O–H groups in total. The van der Waals surface area contributed by atoms with Crippen LogP contribution in [-0.2, 0) is 6.18 Å². The molecule has 0 unspecified atom stereocenters. The van der Waals surface area contributed by atoms with Crippen molar-refractivity contribution >= 4 is 11.7 Å². The zero-order chi connectivity index (χ0) is 14.8. The quantitative estimate of drug-likeness (QED) is 0.858. The van der Waals surface area contributed by atoms with Gasteiger partial charge in [-0.25, -0.2) is 9.78 Å². The monoisotopic (exact) mass is 288 g/mol. The lowest BCUT2D eigenvalue weighted by molar-refractivity contribution is -0.141. The molecule has 1 aromatic rings. The molecule has 0 aliphatic carbocycles. The lowest BCUT2D eigenvalue weighted by Gasteiger charge is -2.32. The van der Waals surface area contributed by atoms with Crippen LogP contribution >= 0.6 is 0 Å². The van der Waals surface area contributed by atoms with Crippen molar-refractivity contribution in [3.05, 3.63) is 24.0 Å². The summed E-state index contributed by atoms with van der Waals surface area (Å²) < 4.78 is 37.0. The van der Waals surface area contributed by atoms with Gasteiger partial charge in [0, 0.05) is 26.2 Å². The number of amides is 2. The highest BCUT2D eigenvalue weighted by molar-refractivity contribution is 5.89. The summed E-state index contributed by atoms with van der Waals surface area (Å²) in [5.74, 6) is 0. The van der Waals surface area contributed by atoms with Crippen molar-refractivity contribution in [2.45, 2.75) is 6.18 Å². The van der Waals surface area contributed by atoms with E-state index in [0.717, 1.165) is 25.4 Å². The van der Waals surface area contributed by atoms with E-state index >= 15 is 0 Å². The number of carbonyl (C=O) groups is 1. The molecule has 1 aliphatic heterocycles. The van der Waals surface area contributed by atoms with E-state index in [0.29, 0.717) is 13.1 Å². The number of carbonyl (C=O) groups excluding carboxylic acids is 1. The molecular weight excluding hydrogens is 273 g/mol. The van der Waals surface area contributed by atoms with Crippen LogP contribution in [0.25, 0.3) is 0 Å². The molecule has 1 fully saturated rings. The Morgan fingerprint density at radius 3 is 2.40 bits per heavy atom. The number of piperazine rings is 1. The normalized spacial score (nSPS) is 17.1. The number of halogens is 3. The van der Waals surface area contributed by atoms with Crippen LogP contribution in [0, 0.1) is 0 Å². The number of pyridine rings is 1. The molecule has 1 aliphatic rings. The predicted octanol–water partition coefficient (Wildman–Crippen LogP) is 1.88. The summed E-state index contributed by atoms with van der Waals surface area (Å²) in [7, 11) is 1.97. The Kier molecular flexibility index (Phi) is 4.12. The van der Waals surface area contributed by atoms with Crippen LogP contribution in [0.3, 0.4) is 0 Å². The lowest BCUT2D eigenvalue weighted by atomic mass is 10.3. The number of rotatable bonds is 1. The van der Waals surface area contributed by atoms with Crippen LogP contribution in [0.2, 0.25) is 0 Å². The largest absolute Gasteiger partial charge is 0.433 e. The summed E-state index contributed by atoms with van der Waals surface area (Å²) in [6, 6.07) is 1.73. The average Bonchev–Trinajstić information content (AvgIpc) is 2.39. The molecule has 20 heavy (non-hydrogen) atoms. The number of aromatic nitrogens is 1. The van der Waals surface area contributed by atoms with Gasteiger partial charge in [0.05, 0.1) is 11.9 Å². The Balaban J connectivity index is 1.94. The highest BCUT2D eigenvalue weighted by Gasteiger charge is 2.32. The second-order valence-electron chi connectivity index (χ2n) is 4.65. The van der Waals surface area contributed by atoms with Gasteiger partial charge in [-0.05, 0) is 19.2 Å². The van der Waals surface area contributed by atoms with E-state index in [1.54, 1.807) is 4.90 Å². The minimum Gasteiger partial charge on any atom is -0.322 e. The molecule has 5 nitrogen and oxygen atoms in total. The first-order chi connectivity index (χ1) is 9.36. The Morgan fingerprint density at radius 1 is 1.25 bits per heavy atom. The number of alkyl halides is 3. The van der Waals surface area contributed by atoms with Crippen molar-refractivity contribution < 1.29 is 18.0 Å².